The molecule has 2 aliphatic heterocycles. The molecule has 0 saturated carbocycles. The summed E-state index contributed by atoms with van der Waals surface area (Å²) in [4.78, 5) is 29.8. The number of methoxy groups -OCH3 is 1. The van der Waals surface area contributed by atoms with Gasteiger partial charge in [-0.1, -0.05) is 18.5 Å². The van der Waals surface area contributed by atoms with Gasteiger partial charge in [0.2, 0.25) is 5.91 Å². The summed E-state index contributed by atoms with van der Waals surface area (Å²) in [6.07, 6.45) is 3.94. The highest BCUT2D eigenvalue weighted by Gasteiger charge is 2.35. The molecule has 0 radical (unpaired) electrons. The van der Waals surface area contributed by atoms with Gasteiger partial charge in [-0.25, -0.2) is 0 Å². The number of carbonyl (C=O) groups excluding carboxylic acids is 2. The Balaban J connectivity index is 1.57. The molecule has 2 heterocycles. The molecule has 7 heteroatoms. The van der Waals surface area contributed by atoms with Crippen LogP contribution in [0, 0.1) is 5.92 Å². The van der Waals surface area contributed by atoms with Gasteiger partial charge in [0.15, 0.2) is 0 Å². The Hall–Kier alpha value is -1.79. The zero-order valence-corrected chi connectivity index (χ0v) is 17.5. The molecule has 1 atom stereocenters. The second-order valence-corrected chi connectivity index (χ2v) is 8.25. The van der Waals surface area contributed by atoms with E-state index in [-0.39, 0.29) is 11.8 Å². The molecule has 0 spiro atoms. The van der Waals surface area contributed by atoms with Gasteiger partial charge in [-0.2, -0.15) is 0 Å². The van der Waals surface area contributed by atoms with Crippen molar-refractivity contribution in [3.8, 4) is 5.75 Å². The number of rotatable bonds is 6. The van der Waals surface area contributed by atoms with Crippen LogP contribution in [0.3, 0.4) is 0 Å². The summed E-state index contributed by atoms with van der Waals surface area (Å²) in [5.41, 5.74) is 0.400. The molecule has 6 nitrogen and oxygen atoms in total. The van der Waals surface area contributed by atoms with Gasteiger partial charge in [-0.3, -0.25) is 9.59 Å². The number of halogens is 1. The lowest BCUT2D eigenvalue weighted by Crippen LogP contribution is -2.48. The van der Waals surface area contributed by atoms with Crippen molar-refractivity contribution in [3.05, 3.63) is 28.8 Å². The molecule has 2 fully saturated rings. The van der Waals surface area contributed by atoms with Crippen LogP contribution in [0.15, 0.2) is 18.2 Å². The molecule has 3 rings (SSSR count). The van der Waals surface area contributed by atoms with Crippen molar-refractivity contribution < 1.29 is 14.3 Å². The van der Waals surface area contributed by atoms with E-state index in [1.165, 1.54) is 20.0 Å². The molecule has 2 amide bonds. The van der Waals surface area contributed by atoms with Crippen molar-refractivity contribution in [2.24, 2.45) is 5.92 Å². The average molecular weight is 408 g/mol. The van der Waals surface area contributed by atoms with E-state index in [0.29, 0.717) is 35.8 Å². The maximum absolute atomic E-state index is 13.0. The third kappa shape index (κ3) is 4.97. The quantitative estimate of drug-likeness (QED) is 0.787. The highest BCUT2D eigenvalue weighted by atomic mass is 35.5. The molecule has 154 valence electrons. The van der Waals surface area contributed by atoms with Crippen LogP contribution in [0.1, 0.15) is 43.0 Å². The van der Waals surface area contributed by atoms with Crippen LogP contribution in [-0.2, 0) is 4.79 Å². The number of amides is 2. The lowest BCUT2D eigenvalue weighted by atomic mass is 9.99. The zero-order chi connectivity index (χ0) is 20.1. The number of nitrogens with zero attached hydrogens (tertiary/aromatic N) is 2. The fourth-order valence-electron chi connectivity index (χ4n) is 4.03. The van der Waals surface area contributed by atoms with Crippen molar-refractivity contribution in [1.82, 2.24) is 15.1 Å². The summed E-state index contributed by atoms with van der Waals surface area (Å²) in [6, 6.07) is 4.54. The predicted molar refractivity (Wildman–Crippen MR) is 110 cm³/mol. The maximum Gasteiger partial charge on any atom is 0.258 e. The van der Waals surface area contributed by atoms with Crippen molar-refractivity contribution >= 4 is 23.4 Å². The standard InChI is InChI=1S/C21H30ClN3O3/c1-15-7-11-24(12-8-15)13-9-23-20(26)18-4-3-10-25(18)21(27)17-14-16(22)5-6-19(17)28-2/h5-6,14-15,18H,3-4,7-13H2,1-2H3,(H,23,26)/t18-/m0/s1. The third-order valence-electron chi connectivity index (χ3n) is 5.81. The maximum atomic E-state index is 13.0. The minimum absolute atomic E-state index is 0.0720. The van der Waals surface area contributed by atoms with Crippen LogP contribution in [-0.4, -0.2) is 67.5 Å². The van der Waals surface area contributed by atoms with E-state index in [2.05, 4.69) is 17.1 Å². The van der Waals surface area contributed by atoms with Gasteiger partial charge >= 0.3 is 0 Å². The molecule has 1 aromatic carbocycles. The highest BCUT2D eigenvalue weighted by Crippen LogP contribution is 2.27. The van der Waals surface area contributed by atoms with E-state index in [9.17, 15) is 9.59 Å². The van der Waals surface area contributed by atoms with E-state index in [0.717, 1.165) is 32.0 Å². The number of nitrogens with one attached hydrogen (secondary N) is 1. The minimum Gasteiger partial charge on any atom is -0.496 e. The first-order valence-electron chi connectivity index (χ1n) is 10.1. The summed E-state index contributed by atoms with van der Waals surface area (Å²) >= 11 is 6.06. The molecular weight excluding hydrogens is 378 g/mol. The van der Waals surface area contributed by atoms with Crippen LogP contribution < -0.4 is 10.1 Å². The second-order valence-electron chi connectivity index (χ2n) is 7.82. The van der Waals surface area contributed by atoms with Crippen molar-refractivity contribution in [3.63, 3.8) is 0 Å². The second kappa shape index (κ2) is 9.61. The summed E-state index contributed by atoms with van der Waals surface area (Å²) in [6.45, 7) is 6.53. The third-order valence-corrected chi connectivity index (χ3v) is 6.05. The first-order valence-corrected chi connectivity index (χ1v) is 10.5. The van der Waals surface area contributed by atoms with Gasteiger partial charge in [-0.05, 0) is 62.9 Å². The molecule has 28 heavy (non-hydrogen) atoms. The lowest BCUT2D eigenvalue weighted by molar-refractivity contribution is -0.124. The number of likely N-dealkylation sites (tertiary alicyclic amines) is 2. The molecule has 0 aliphatic carbocycles. The average Bonchev–Trinajstić information content (AvgIpc) is 3.19. The molecular formula is C21H30ClN3O3. The van der Waals surface area contributed by atoms with Crippen molar-refractivity contribution in [1.29, 1.82) is 0 Å². The van der Waals surface area contributed by atoms with E-state index >= 15 is 0 Å². The number of piperidine rings is 1. The van der Waals surface area contributed by atoms with Gasteiger partial charge in [0.1, 0.15) is 11.8 Å². The lowest BCUT2D eigenvalue weighted by Gasteiger charge is -2.30. The largest absolute Gasteiger partial charge is 0.496 e. The number of carbonyl (C=O) groups is 2. The fraction of sp³-hybridized carbons (Fsp3) is 0.619. The van der Waals surface area contributed by atoms with E-state index < -0.39 is 6.04 Å². The summed E-state index contributed by atoms with van der Waals surface area (Å²) in [5.74, 6) is 0.992. The number of hydrogen-bond donors (Lipinski definition) is 1. The summed E-state index contributed by atoms with van der Waals surface area (Å²) in [7, 11) is 1.52. The monoisotopic (exact) mass is 407 g/mol. The smallest absolute Gasteiger partial charge is 0.258 e. The topological polar surface area (TPSA) is 61.9 Å². The van der Waals surface area contributed by atoms with Gasteiger partial charge < -0.3 is 19.9 Å². The fourth-order valence-corrected chi connectivity index (χ4v) is 4.20. The molecule has 2 saturated heterocycles. The van der Waals surface area contributed by atoms with Gasteiger partial charge in [-0.15, -0.1) is 0 Å². The predicted octanol–water partition coefficient (Wildman–Crippen LogP) is 2.80. The Bertz CT molecular complexity index is 704. The van der Waals surface area contributed by atoms with Crippen LogP contribution >= 0.6 is 11.6 Å². The Kier molecular flexibility index (Phi) is 7.18. The van der Waals surface area contributed by atoms with Crippen LogP contribution in [0.4, 0.5) is 0 Å². The highest BCUT2D eigenvalue weighted by molar-refractivity contribution is 6.31. The minimum atomic E-state index is -0.433. The van der Waals surface area contributed by atoms with E-state index in [1.807, 2.05) is 0 Å². The van der Waals surface area contributed by atoms with Crippen LogP contribution in [0.25, 0.3) is 0 Å². The molecule has 0 unspecified atom stereocenters. The summed E-state index contributed by atoms with van der Waals surface area (Å²) < 4.78 is 5.30. The van der Waals surface area contributed by atoms with Crippen LogP contribution in [0.5, 0.6) is 5.75 Å². The SMILES string of the molecule is COc1ccc(Cl)cc1C(=O)N1CCC[C@H]1C(=O)NCCN1CCC(C)CC1. The van der Waals surface area contributed by atoms with Crippen molar-refractivity contribution in [2.45, 2.75) is 38.6 Å². The first kappa shape index (κ1) is 20.9. The Labute approximate surface area is 172 Å². The normalized spacial score (nSPS) is 21.0. The zero-order valence-electron chi connectivity index (χ0n) is 16.7. The Morgan fingerprint density at radius 1 is 1.21 bits per heavy atom. The molecule has 0 bridgehead atoms. The van der Waals surface area contributed by atoms with Gasteiger partial charge in [0.05, 0.1) is 12.7 Å². The molecule has 1 aromatic rings. The van der Waals surface area contributed by atoms with Crippen molar-refractivity contribution in [2.75, 3.05) is 39.8 Å². The van der Waals surface area contributed by atoms with Gasteiger partial charge in [0, 0.05) is 24.7 Å². The number of ether oxygens (including phenoxy) is 1. The van der Waals surface area contributed by atoms with Crippen LogP contribution in [0.2, 0.25) is 5.02 Å². The van der Waals surface area contributed by atoms with Gasteiger partial charge in [0.25, 0.3) is 5.91 Å². The number of hydrogen-bond acceptors (Lipinski definition) is 4. The number of benzene rings is 1. The Morgan fingerprint density at radius 3 is 2.68 bits per heavy atom. The Morgan fingerprint density at radius 2 is 1.96 bits per heavy atom. The van der Waals surface area contributed by atoms with E-state index in [4.69, 9.17) is 16.3 Å². The molecule has 2 aliphatic rings. The molecule has 0 aromatic heterocycles. The molecule has 1 N–H and O–H groups in total. The first-order chi connectivity index (χ1) is 13.5. The van der Waals surface area contributed by atoms with E-state index in [1.54, 1.807) is 23.1 Å². The summed E-state index contributed by atoms with van der Waals surface area (Å²) in [5, 5.41) is 3.50.